The average molecular weight is 300 g/mol. The van der Waals surface area contributed by atoms with Crippen LogP contribution in [-0.4, -0.2) is 17.5 Å². The minimum Gasteiger partial charge on any atom is -0.329 e. The highest BCUT2D eigenvalue weighted by atomic mass is 15.2. The van der Waals surface area contributed by atoms with E-state index in [-0.39, 0.29) is 5.41 Å². The summed E-state index contributed by atoms with van der Waals surface area (Å²) in [5, 5.41) is 0. The highest BCUT2D eigenvalue weighted by Gasteiger charge is 2.34. The molecule has 1 aliphatic heterocycles. The molecule has 2 nitrogen and oxygen atoms in total. The first kappa shape index (κ1) is 16.0. The van der Waals surface area contributed by atoms with Crippen molar-refractivity contribution in [2.45, 2.75) is 83.3 Å². The summed E-state index contributed by atoms with van der Waals surface area (Å²) in [6.45, 7) is 8.74. The van der Waals surface area contributed by atoms with Crippen LogP contribution in [0.5, 0.6) is 0 Å². The maximum Gasteiger partial charge on any atom is 0.0480 e. The molecule has 1 heterocycles. The van der Waals surface area contributed by atoms with Crippen molar-refractivity contribution in [3.8, 4) is 0 Å². The number of nitrogens with zero attached hydrogens (tertiary/aromatic N) is 1. The molecule has 0 spiro atoms. The Morgan fingerprint density at radius 3 is 2.36 bits per heavy atom. The summed E-state index contributed by atoms with van der Waals surface area (Å²) in [5.74, 6) is 0. The van der Waals surface area contributed by atoms with Crippen molar-refractivity contribution < 1.29 is 0 Å². The predicted octanol–water partition coefficient (Wildman–Crippen LogP) is 4.52. The quantitative estimate of drug-likeness (QED) is 0.814. The number of hydrogen-bond donors (Lipinski definition) is 1. The third-order valence-corrected chi connectivity index (χ3v) is 5.64. The fourth-order valence-corrected chi connectivity index (χ4v) is 4.24. The van der Waals surface area contributed by atoms with E-state index in [4.69, 9.17) is 5.73 Å². The van der Waals surface area contributed by atoms with Crippen LogP contribution in [0.3, 0.4) is 0 Å². The second-order valence-corrected chi connectivity index (χ2v) is 8.23. The molecule has 2 N–H and O–H groups in total. The van der Waals surface area contributed by atoms with E-state index < -0.39 is 0 Å². The van der Waals surface area contributed by atoms with Crippen LogP contribution in [-0.2, 0) is 12.0 Å². The summed E-state index contributed by atoms with van der Waals surface area (Å²) >= 11 is 0. The van der Waals surface area contributed by atoms with Crippen molar-refractivity contribution in [2.24, 2.45) is 5.73 Å². The third-order valence-electron chi connectivity index (χ3n) is 5.64. The van der Waals surface area contributed by atoms with Crippen LogP contribution >= 0.6 is 0 Å². The third kappa shape index (κ3) is 3.09. The van der Waals surface area contributed by atoms with E-state index >= 15 is 0 Å². The SMILES string of the molecule is CC(C)(C)c1ccc2c(c1)C(CN)N(C1CCCCCC1)C2. The summed E-state index contributed by atoms with van der Waals surface area (Å²) < 4.78 is 0. The minimum atomic E-state index is 0.212. The fraction of sp³-hybridized carbons (Fsp3) is 0.700. The number of fused-ring (bicyclic) bond motifs is 1. The normalized spacial score (nSPS) is 24.3. The molecule has 122 valence electrons. The molecule has 1 fully saturated rings. The lowest BCUT2D eigenvalue weighted by Crippen LogP contribution is -2.36. The predicted molar refractivity (Wildman–Crippen MR) is 94.0 cm³/mol. The zero-order valence-corrected chi connectivity index (χ0v) is 14.6. The van der Waals surface area contributed by atoms with Crippen LogP contribution in [0.15, 0.2) is 18.2 Å². The van der Waals surface area contributed by atoms with Gasteiger partial charge in [0, 0.05) is 25.2 Å². The lowest BCUT2D eigenvalue weighted by atomic mass is 9.85. The Morgan fingerprint density at radius 1 is 1.09 bits per heavy atom. The molecule has 1 aliphatic carbocycles. The van der Waals surface area contributed by atoms with Crippen LogP contribution in [0.4, 0.5) is 0 Å². The summed E-state index contributed by atoms with van der Waals surface area (Å²) in [6.07, 6.45) is 8.33. The summed E-state index contributed by atoms with van der Waals surface area (Å²) in [4.78, 5) is 2.71. The van der Waals surface area contributed by atoms with Crippen molar-refractivity contribution in [2.75, 3.05) is 6.54 Å². The van der Waals surface area contributed by atoms with Gasteiger partial charge in [-0.15, -0.1) is 0 Å². The van der Waals surface area contributed by atoms with Gasteiger partial charge in [-0.3, -0.25) is 4.90 Å². The molecule has 2 aliphatic rings. The van der Waals surface area contributed by atoms with Crippen molar-refractivity contribution in [3.05, 3.63) is 34.9 Å². The standard InChI is InChI=1S/C20H32N2/c1-20(2,3)16-11-10-15-14-22(19(13-21)18(15)12-16)17-8-6-4-5-7-9-17/h10-12,17,19H,4-9,13-14,21H2,1-3H3. The van der Waals surface area contributed by atoms with Crippen molar-refractivity contribution in [1.82, 2.24) is 4.90 Å². The summed E-state index contributed by atoms with van der Waals surface area (Å²) in [6, 6.07) is 8.28. The Morgan fingerprint density at radius 2 is 1.77 bits per heavy atom. The monoisotopic (exact) mass is 300 g/mol. The first-order valence-electron chi connectivity index (χ1n) is 9.10. The second-order valence-electron chi connectivity index (χ2n) is 8.23. The highest BCUT2D eigenvalue weighted by molar-refractivity contribution is 5.40. The molecule has 0 bridgehead atoms. The van der Waals surface area contributed by atoms with Crippen LogP contribution in [0.25, 0.3) is 0 Å². The molecule has 0 radical (unpaired) electrons. The number of rotatable bonds is 2. The van der Waals surface area contributed by atoms with E-state index in [0.717, 1.165) is 19.1 Å². The molecule has 1 atom stereocenters. The van der Waals surface area contributed by atoms with Gasteiger partial charge in [0.2, 0.25) is 0 Å². The maximum atomic E-state index is 6.20. The molecule has 1 aromatic rings. The van der Waals surface area contributed by atoms with E-state index in [1.54, 1.807) is 0 Å². The van der Waals surface area contributed by atoms with Gasteiger partial charge in [0.05, 0.1) is 0 Å². The molecule has 0 saturated heterocycles. The minimum absolute atomic E-state index is 0.212. The zero-order valence-electron chi connectivity index (χ0n) is 14.6. The van der Waals surface area contributed by atoms with E-state index in [0.29, 0.717) is 6.04 Å². The second kappa shape index (κ2) is 6.33. The lowest BCUT2D eigenvalue weighted by molar-refractivity contribution is 0.135. The van der Waals surface area contributed by atoms with Crippen LogP contribution in [0.1, 0.15) is 82.0 Å². The molecule has 2 heteroatoms. The van der Waals surface area contributed by atoms with Gasteiger partial charge in [0.25, 0.3) is 0 Å². The Balaban J connectivity index is 1.87. The number of hydrogen-bond acceptors (Lipinski definition) is 2. The van der Waals surface area contributed by atoms with E-state index in [2.05, 4.69) is 43.9 Å². The lowest BCUT2D eigenvalue weighted by Gasteiger charge is -2.32. The number of nitrogens with two attached hydrogens (primary N) is 1. The Kier molecular flexibility index (Phi) is 4.61. The van der Waals surface area contributed by atoms with Gasteiger partial charge in [0.15, 0.2) is 0 Å². The van der Waals surface area contributed by atoms with Gasteiger partial charge in [-0.1, -0.05) is 64.7 Å². The topological polar surface area (TPSA) is 29.3 Å². The Hall–Kier alpha value is -0.860. The molecule has 0 amide bonds. The van der Waals surface area contributed by atoms with Crippen molar-refractivity contribution in [3.63, 3.8) is 0 Å². The molecule has 22 heavy (non-hydrogen) atoms. The first-order valence-corrected chi connectivity index (χ1v) is 9.10. The van der Waals surface area contributed by atoms with Crippen molar-refractivity contribution >= 4 is 0 Å². The van der Waals surface area contributed by atoms with Crippen LogP contribution in [0, 0.1) is 0 Å². The zero-order chi connectivity index (χ0) is 15.7. The van der Waals surface area contributed by atoms with Gasteiger partial charge in [0.1, 0.15) is 0 Å². The highest BCUT2D eigenvalue weighted by Crippen LogP contribution is 2.39. The molecular formula is C20H32N2. The van der Waals surface area contributed by atoms with Crippen LogP contribution < -0.4 is 5.73 Å². The molecule has 1 saturated carbocycles. The Bertz CT molecular complexity index is 507. The molecular weight excluding hydrogens is 268 g/mol. The van der Waals surface area contributed by atoms with Gasteiger partial charge >= 0.3 is 0 Å². The summed E-state index contributed by atoms with van der Waals surface area (Å²) in [7, 11) is 0. The molecule has 1 aromatic carbocycles. The maximum absolute atomic E-state index is 6.20. The fourth-order valence-electron chi connectivity index (χ4n) is 4.24. The van der Waals surface area contributed by atoms with Gasteiger partial charge < -0.3 is 5.73 Å². The van der Waals surface area contributed by atoms with Gasteiger partial charge in [-0.25, -0.2) is 0 Å². The van der Waals surface area contributed by atoms with Crippen molar-refractivity contribution in [1.29, 1.82) is 0 Å². The average Bonchev–Trinajstić information content (AvgIpc) is 2.65. The number of benzene rings is 1. The Labute approximate surface area is 136 Å². The van der Waals surface area contributed by atoms with Gasteiger partial charge in [-0.05, 0) is 34.9 Å². The summed E-state index contributed by atoms with van der Waals surface area (Å²) in [5.41, 5.74) is 10.9. The van der Waals surface area contributed by atoms with E-state index in [1.807, 2.05) is 0 Å². The van der Waals surface area contributed by atoms with E-state index in [9.17, 15) is 0 Å². The molecule has 0 aromatic heterocycles. The molecule has 3 rings (SSSR count). The smallest absolute Gasteiger partial charge is 0.0480 e. The first-order chi connectivity index (χ1) is 10.5. The van der Waals surface area contributed by atoms with E-state index in [1.165, 1.54) is 55.2 Å². The van der Waals surface area contributed by atoms with Gasteiger partial charge in [-0.2, -0.15) is 0 Å². The largest absolute Gasteiger partial charge is 0.329 e. The van der Waals surface area contributed by atoms with Crippen LogP contribution in [0.2, 0.25) is 0 Å². The molecule has 1 unspecified atom stereocenters.